The maximum atomic E-state index is 14.0. The van der Waals surface area contributed by atoms with Gasteiger partial charge in [0.1, 0.15) is 11.6 Å². The molecule has 3 fully saturated rings. The van der Waals surface area contributed by atoms with Gasteiger partial charge in [0, 0.05) is 25.2 Å². The maximum absolute atomic E-state index is 14.0. The van der Waals surface area contributed by atoms with Crippen molar-refractivity contribution in [3.05, 3.63) is 25.3 Å². The molecule has 3 heterocycles. The maximum Gasteiger partial charge on any atom is 0.312 e. The van der Waals surface area contributed by atoms with Gasteiger partial charge in [-0.3, -0.25) is 14.4 Å². The van der Waals surface area contributed by atoms with Crippen LogP contribution >= 0.6 is 0 Å². The molecular formula is C25H38N2O6. The van der Waals surface area contributed by atoms with Gasteiger partial charge in [0.05, 0.1) is 24.5 Å². The van der Waals surface area contributed by atoms with Gasteiger partial charge >= 0.3 is 5.97 Å². The van der Waals surface area contributed by atoms with Gasteiger partial charge in [0.15, 0.2) is 0 Å². The molecule has 1 N–H and O–H groups in total. The molecule has 3 aliphatic heterocycles. The van der Waals surface area contributed by atoms with Crippen LogP contribution in [-0.4, -0.2) is 82.3 Å². The minimum absolute atomic E-state index is 0.101. The predicted molar refractivity (Wildman–Crippen MR) is 123 cm³/mol. The van der Waals surface area contributed by atoms with E-state index in [1.54, 1.807) is 17.1 Å². The molecular weight excluding hydrogens is 424 g/mol. The summed E-state index contributed by atoms with van der Waals surface area (Å²) in [5.74, 6) is -2.37. The fourth-order valence-electron chi connectivity index (χ4n) is 5.65. The van der Waals surface area contributed by atoms with E-state index < -0.39 is 41.1 Å². The van der Waals surface area contributed by atoms with Gasteiger partial charge in [-0.2, -0.15) is 0 Å². The SMILES string of the molecule is C=CCCCOC(=O)[C@@H]1[C@@H]2CCC3(O2)C(C(=O)N(CC=C)C(C)(C)C)N(CCCO)C(=O)[C@H]13. The Kier molecular flexibility index (Phi) is 7.69. The average Bonchev–Trinajstić information content (AvgIpc) is 3.39. The van der Waals surface area contributed by atoms with Crippen molar-refractivity contribution in [3.63, 3.8) is 0 Å². The smallest absolute Gasteiger partial charge is 0.312 e. The van der Waals surface area contributed by atoms with Crippen molar-refractivity contribution in [2.24, 2.45) is 11.8 Å². The van der Waals surface area contributed by atoms with E-state index >= 15 is 0 Å². The summed E-state index contributed by atoms with van der Waals surface area (Å²) in [7, 11) is 0. The molecule has 2 amide bonds. The predicted octanol–water partition coefficient (Wildman–Crippen LogP) is 2.07. The first-order valence-corrected chi connectivity index (χ1v) is 11.9. The molecule has 33 heavy (non-hydrogen) atoms. The number of allylic oxidation sites excluding steroid dienone is 1. The van der Waals surface area contributed by atoms with E-state index in [2.05, 4.69) is 13.2 Å². The Morgan fingerprint density at radius 1 is 1.30 bits per heavy atom. The van der Waals surface area contributed by atoms with Gasteiger partial charge in [0.25, 0.3) is 0 Å². The Bertz CT molecular complexity index is 790. The number of unbranched alkanes of at least 4 members (excludes halogenated alkanes) is 1. The van der Waals surface area contributed by atoms with Crippen LogP contribution in [0.3, 0.4) is 0 Å². The number of ether oxygens (including phenoxy) is 2. The summed E-state index contributed by atoms with van der Waals surface area (Å²) in [6.45, 7) is 14.0. The summed E-state index contributed by atoms with van der Waals surface area (Å²) in [4.78, 5) is 43.9. The van der Waals surface area contributed by atoms with Crippen LogP contribution in [0.5, 0.6) is 0 Å². The van der Waals surface area contributed by atoms with Crippen molar-refractivity contribution in [1.29, 1.82) is 0 Å². The molecule has 1 spiro atoms. The third-order valence-electron chi connectivity index (χ3n) is 7.05. The average molecular weight is 463 g/mol. The summed E-state index contributed by atoms with van der Waals surface area (Å²) in [5, 5.41) is 9.42. The molecule has 8 nitrogen and oxygen atoms in total. The second kappa shape index (κ2) is 9.97. The summed E-state index contributed by atoms with van der Waals surface area (Å²) in [6, 6.07) is -0.843. The van der Waals surface area contributed by atoms with E-state index in [0.717, 1.165) is 6.42 Å². The summed E-state index contributed by atoms with van der Waals surface area (Å²) in [5.41, 5.74) is -1.55. The van der Waals surface area contributed by atoms with Gasteiger partial charge in [-0.05, 0) is 52.9 Å². The lowest BCUT2D eigenvalue weighted by atomic mass is 9.70. The van der Waals surface area contributed by atoms with Gasteiger partial charge in [-0.1, -0.05) is 12.2 Å². The molecule has 3 saturated heterocycles. The summed E-state index contributed by atoms with van der Waals surface area (Å²) in [6.07, 6.45) is 5.90. The van der Waals surface area contributed by atoms with Crippen LogP contribution in [0, 0.1) is 11.8 Å². The number of fused-ring (bicyclic) bond motifs is 1. The molecule has 2 bridgehead atoms. The first-order valence-electron chi connectivity index (χ1n) is 11.9. The number of carbonyl (C=O) groups is 3. The molecule has 0 aromatic heterocycles. The van der Waals surface area contributed by atoms with Crippen molar-refractivity contribution in [2.45, 2.75) is 76.2 Å². The summed E-state index contributed by atoms with van der Waals surface area (Å²) >= 11 is 0. The van der Waals surface area contributed by atoms with Crippen molar-refractivity contribution in [3.8, 4) is 0 Å². The number of amides is 2. The van der Waals surface area contributed by atoms with E-state index in [9.17, 15) is 19.5 Å². The van der Waals surface area contributed by atoms with Gasteiger partial charge < -0.3 is 24.4 Å². The molecule has 184 valence electrons. The van der Waals surface area contributed by atoms with Gasteiger partial charge in [-0.25, -0.2) is 0 Å². The largest absolute Gasteiger partial charge is 0.465 e. The van der Waals surface area contributed by atoms with E-state index in [-0.39, 0.29) is 31.6 Å². The highest BCUT2D eigenvalue weighted by molar-refractivity contribution is 5.98. The number of esters is 1. The van der Waals surface area contributed by atoms with Crippen molar-refractivity contribution in [1.82, 2.24) is 9.80 Å². The Hall–Kier alpha value is -2.19. The first kappa shape index (κ1) is 25.4. The molecule has 3 aliphatic rings. The number of carbonyl (C=O) groups excluding carboxylic acids is 3. The standard InChI is InChI=1S/C25H38N2O6/c1-6-8-9-16-32-23(31)18-17-11-12-25(33-17)19(18)21(29)26(14-10-15-28)20(25)22(30)27(13-7-2)24(3,4)5/h6-7,17-20,28H,1-2,8-16H2,3-5H3/t17-,18+,19-,20?,25?/m0/s1. The van der Waals surface area contributed by atoms with Gasteiger partial charge in [-0.15, -0.1) is 13.2 Å². The van der Waals surface area contributed by atoms with E-state index in [0.29, 0.717) is 32.2 Å². The second-order valence-electron chi connectivity index (χ2n) is 10.2. The van der Waals surface area contributed by atoms with Crippen molar-refractivity contribution < 1.29 is 29.0 Å². The van der Waals surface area contributed by atoms with Crippen LogP contribution in [0.25, 0.3) is 0 Å². The lowest BCUT2D eigenvalue weighted by Crippen LogP contribution is -2.60. The highest BCUT2D eigenvalue weighted by Crippen LogP contribution is 2.59. The number of rotatable bonds is 11. The van der Waals surface area contributed by atoms with Crippen LogP contribution in [0.15, 0.2) is 25.3 Å². The fourth-order valence-corrected chi connectivity index (χ4v) is 5.65. The zero-order valence-corrected chi connectivity index (χ0v) is 20.1. The van der Waals surface area contributed by atoms with Crippen LogP contribution < -0.4 is 0 Å². The third kappa shape index (κ3) is 4.47. The Labute approximate surface area is 196 Å². The molecule has 0 aliphatic carbocycles. The highest BCUT2D eigenvalue weighted by Gasteiger charge is 2.75. The molecule has 3 rings (SSSR count). The quantitative estimate of drug-likeness (QED) is 0.287. The number of nitrogens with zero attached hydrogens (tertiary/aromatic N) is 2. The number of aliphatic hydroxyl groups is 1. The topological polar surface area (TPSA) is 96.4 Å². The third-order valence-corrected chi connectivity index (χ3v) is 7.05. The minimum atomic E-state index is -1.05. The second-order valence-corrected chi connectivity index (χ2v) is 10.2. The van der Waals surface area contributed by atoms with Gasteiger partial charge in [0.2, 0.25) is 11.8 Å². The monoisotopic (exact) mass is 462 g/mol. The molecule has 5 atom stereocenters. The summed E-state index contributed by atoms with van der Waals surface area (Å²) < 4.78 is 11.9. The lowest BCUT2D eigenvalue weighted by molar-refractivity contribution is -0.156. The Balaban J connectivity index is 1.94. The zero-order chi connectivity index (χ0) is 24.4. The Morgan fingerprint density at radius 3 is 2.64 bits per heavy atom. The molecule has 0 aromatic rings. The van der Waals surface area contributed by atoms with Crippen LogP contribution in [0.4, 0.5) is 0 Å². The first-order chi connectivity index (χ1) is 15.6. The van der Waals surface area contributed by atoms with Crippen LogP contribution in [0.2, 0.25) is 0 Å². The molecule has 0 radical (unpaired) electrons. The van der Waals surface area contributed by atoms with E-state index in [1.165, 1.54) is 4.90 Å². The van der Waals surface area contributed by atoms with E-state index in [1.807, 2.05) is 20.8 Å². The zero-order valence-electron chi connectivity index (χ0n) is 20.1. The molecule has 0 aromatic carbocycles. The van der Waals surface area contributed by atoms with Crippen LogP contribution in [0.1, 0.15) is 52.9 Å². The molecule has 0 saturated carbocycles. The number of aliphatic hydroxyl groups excluding tert-OH is 1. The molecule has 2 unspecified atom stereocenters. The fraction of sp³-hybridized carbons (Fsp3) is 0.720. The van der Waals surface area contributed by atoms with Crippen molar-refractivity contribution >= 4 is 17.8 Å². The Morgan fingerprint density at radius 2 is 2.03 bits per heavy atom. The number of likely N-dealkylation sites (tertiary alicyclic amines) is 1. The normalized spacial score (nSPS) is 30.3. The lowest BCUT2D eigenvalue weighted by Gasteiger charge is -2.42. The van der Waals surface area contributed by atoms with E-state index in [4.69, 9.17) is 9.47 Å². The number of hydrogen-bond donors (Lipinski definition) is 1. The minimum Gasteiger partial charge on any atom is -0.465 e. The number of hydrogen-bond acceptors (Lipinski definition) is 6. The van der Waals surface area contributed by atoms with Crippen LogP contribution in [-0.2, 0) is 23.9 Å². The van der Waals surface area contributed by atoms with Crippen molar-refractivity contribution in [2.75, 3.05) is 26.3 Å². The highest BCUT2D eigenvalue weighted by atomic mass is 16.6. The molecule has 8 heteroatoms.